The van der Waals surface area contributed by atoms with Gasteiger partial charge < -0.3 is 10.2 Å². The predicted molar refractivity (Wildman–Crippen MR) is 76.5 cm³/mol. The van der Waals surface area contributed by atoms with E-state index in [2.05, 4.69) is 4.99 Å². The smallest absolute Gasteiger partial charge is 0.0968 e. The molecule has 0 saturated heterocycles. The third-order valence-corrected chi connectivity index (χ3v) is 2.83. The molecule has 0 amide bonds. The van der Waals surface area contributed by atoms with Crippen molar-refractivity contribution in [3.8, 4) is 0 Å². The number of aliphatic imine (C=N–C) groups is 1. The Kier molecular flexibility index (Phi) is 4.84. The quantitative estimate of drug-likeness (QED) is 0.801. The minimum Gasteiger partial charge on any atom is -0.394 e. The third kappa shape index (κ3) is 3.50. The number of aliphatic hydroxyl groups excluding tert-OH is 2. The van der Waals surface area contributed by atoms with E-state index >= 15 is 0 Å². The predicted octanol–water partition coefficient (Wildman–Crippen LogP) is 1.88. The largest absolute Gasteiger partial charge is 0.394 e. The lowest BCUT2D eigenvalue weighted by Crippen LogP contribution is -2.19. The average Bonchev–Trinajstić information content (AvgIpc) is 2.50. The Hall–Kier alpha value is -1.97. The molecule has 0 aliphatic heterocycles. The summed E-state index contributed by atoms with van der Waals surface area (Å²) in [6.07, 6.45) is 0. The van der Waals surface area contributed by atoms with Crippen LogP contribution in [0, 0.1) is 0 Å². The Morgan fingerprint density at radius 2 is 1.21 bits per heavy atom. The van der Waals surface area contributed by atoms with Crippen LogP contribution in [0.5, 0.6) is 0 Å². The molecule has 19 heavy (non-hydrogen) atoms. The maximum Gasteiger partial charge on any atom is 0.0968 e. The van der Waals surface area contributed by atoms with E-state index in [1.807, 2.05) is 60.7 Å². The lowest BCUT2D eigenvalue weighted by Gasteiger charge is -2.11. The summed E-state index contributed by atoms with van der Waals surface area (Å²) in [5.41, 5.74) is 2.73. The van der Waals surface area contributed by atoms with Crippen molar-refractivity contribution < 1.29 is 10.2 Å². The van der Waals surface area contributed by atoms with E-state index in [1.54, 1.807) is 0 Å². The second-order valence-electron chi connectivity index (χ2n) is 4.23. The van der Waals surface area contributed by atoms with Gasteiger partial charge in [-0.1, -0.05) is 60.7 Å². The van der Waals surface area contributed by atoms with Gasteiger partial charge in [-0.15, -0.1) is 0 Å². The van der Waals surface area contributed by atoms with E-state index in [0.29, 0.717) is 0 Å². The van der Waals surface area contributed by atoms with Crippen molar-refractivity contribution >= 4 is 5.71 Å². The average molecular weight is 255 g/mol. The highest BCUT2D eigenvalue weighted by Crippen LogP contribution is 2.12. The van der Waals surface area contributed by atoms with Gasteiger partial charge in [0.2, 0.25) is 0 Å². The van der Waals surface area contributed by atoms with E-state index in [0.717, 1.165) is 16.8 Å². The molecule has 0 unspecified atom stereocenters. The van der Waals surface area contributed by atoms with E-state index < -0.39 is 6.04 Å². The van der Waals surface area contributed by atoms with Crippen molar-refractivity contribution in [1.82, 2.24) is 0 Å². The van der Waals surface area contributed by atoms with E-state index in [1.165, 1.54) is 0 Å². The molecule has 2 aromatic carbocycles. The zero-order valence-corrected chi connectivity index (χ0v) is 10.6. The first-order valence-electron chi connectivity index (χ1n) is 6.25. The van der Waals surface area contributed by atoms with Crippen LogP contribution in [0.25, 0.3) is 0 Å². The zero-order chi connectivity index (χ0) is 13.5. The molecule has 0 heterocycles. The summed E-state index contributed by atoms with van der Waals surface area (Å²) >= 11 is 0. The van der Waals surface area contributed by atoms with Gasteiger partial charge in [0.15, 0.2) is 0 Å². The Labute approximate surface area is 112 Å². The molecule has 0 radical (unpaired) electrons. The standard InChI is InChI=1S/C16H17NO2/c18-11-15(12-19)17-16(13-7-3-1-4-8-13)14-9-5-2-6-10-14/h1-10,15,18-19H,11-12H2. The second kappa shape index (κ2) is 6.83. The van der Waals surface area contributed by atoms with Gasteiger partial charge in [0.25, 0.3) is 0 Å². The van der Waals surface area contributed by atoms with Gasteiger partial charge >= 0.3 is 0 Å². The summed E-state index contributed by atoms with van der Waals surface area (Å²) in [4.78, 5) is 4.47. The molecule has 2 rings (SSSR count). The van der Waals surface area contributed by atoms with Gasteiger partial charge in [-0.25, -0.2) is 0 Å². The van der Waals surface area contributed by atoms with Crippen molar-refractivity contribution in [1.29, 1.82) is 0 Å². The molecule has 3 nitrogen and oxygen atoms in total. The van der Waals surface area contributed by atoms with Crippen molar-refractivity contribution in [3.05, 3.63) is 71.8 Å². The molecule has 0 aliphatic carbocycles. The van der Waals surface area contributed by atoms with Crippen LogP contribution in [0.3, 0.4) is 0 Å². The zero-order valence-electron chi connectivity index (χ0n) is 10.6. The highest BCUT2D eigenvalue weighted by Gasteiger charge is 2.10. The number of rotatable bonds is 5. The molecule has 98 valence electrons. The summed E-state index contributed by atoms with van der Waals surface area (Å²) in [6.45, 7) is -0.334. The maximum atomic E-state index is 9.20. The normalized spacial score (nSPS) is 10.5. The molecule has 0 saturated carbocycles. The fraction of sp³-hybridized carbons (Fsp3) is 0.188. The Morgan fingerprint density at radius 3 is 1.58 bits per heavy atom. The van der Waals surface area contributed by atoms with Gasteiger partial charge in [-0.05, 0) is 0 Å². The summed E-state index contributed by atoms with van der Waals surface area (Å²) in [7, 11) is 0. The summed E-state index contributed by atoms with van der Waals surface area (Å²) in [6, 6.07) is 19.1. The highest BCUT2D eigenvalue weighted by atomic mass is 16.3. The minimum atomic E-state index is -0.490. The van der Waals surface area contributed by atoms with Crippen LogP contribution in [0.1, 0.15) is 11.1 Å². The summed E-state index contributed by atoms with van der Waals surface area (Å²) in [5.74, 6) is 0. The molecule has 0 fully saturated rings. The second-order valence-corrected chi connectivity index (χ2v) is 4.23. The van der Waals surface area contributed by atoms with Crippen LogP contribution in [0.4, 0.5) is 0 Å². The van der Waals surface area contributed by atoms with Crippen molar-refractivity contribution in [2.24, 2.45) is 4.99 Å². The van der Waals surface area contributed by atoms with Crippen LogP contribution >= 0.6 is 0 Å². The lowest BCUT2D eigenvalue weighted by molar-refractivity contribution is 0.195. The van der Waals surface area contributed by atoms with Gasteiger partial charge in [0, 0.05) is 11.1 Å². The van der Waals surface area contributed by atoms with Gasteiger partial charge in [0.05, 0.1) is 25.0 Å². The van der Waals surface area contributed by atoms with Crippen LogP contribution < -0.4 is 0 Å². The third-order valence-electron chi connectivity index (χ3n) is 2.83. The van der Waals surface area contributed by atoms with Crippen molar-refractivity contribution in [2.45, 2.75) is 6.04 Å². The van der Waals surface area contributed by atoms with Crippen LogP contribution in [-0.2, 0) is 0 Å². The molecular formula is C16H17NO2. The van der Waals surface area contributed by atoms with Gasteiger partial charge in [-0.3, -0.25) is 4.99 Å². The number of hydrogen-bond acceptors (Lipinski definition) is 3. The van der Waals surface area contributed by atoms with Crippen molar-refractivity contribution in [2.75, 3.05) is 13.2 Å². The monoisotopic (exact) mass is 255 g/mol. The first-order chi connectivity index (χ1) is 9.35. The molecule has 0 aliphatic rings. The first kappa shape index (κ1) is 13.5. The molecule has 2 N–H and O–H groups in total. The molecular weight excluding hydrogens is 238 g/mol. The number of nitrogens with zero attached hydrogens (tertiary/aromatic N) is 1. The van der Waals surface area contributed by atoms with E-state index in [4.69, 9.17) is 0 Å². The molecule has 0 atom stereocenters. The summed E-state index contributed by atoms with van der Waals surface area (Å²) in [5, 5.41) is 18.4. The van der Waals surface area contributed by atoms with Gasteiger partial charge in [-0.2, -0.15) is 0 Å². The fourth-order valence-electron chi connectivity index (χ4n) is 1.83. The molecule has 0 aromatic heterocycles. The fourth-order valence-corrected chi connectivity index (χ4v) is 1.83. The number of aliphatic hydroxyl groups is 2. The topological polar surface area (TPSA) is 52.8 Å². The number of benzene rings is 2. The summed E-state index contributed by atoms with van der Waals surface area (Å²) < 4.78 is 0. The minimum absolute atomic E-state index is 0.167. The van der Waals surface area contributed by atoms with Crippen molar-refractivity contribution in [3.63, 3.8) is 0 Å². The lowest BCUT2D eigenvalue weighted by atomic mass is 10.0. The van der Waals surface area contributed by atoms with Crippen LogP contribution in [0.15, 0.2) is 65.7 Å². The Balaban J connectivity index is 2.45. The van der Waals surface area contributed by atoms with Crippen LogP contribution in [-0.4, -0.2) is 35.2 Å². The van der Waals surface area contributed by atoms with E-state index in [9.17, 15) is 10.2 Å². The Bertz CT molecular complexity index is 477. The molecule has 3 heteroatoms. The first-order valence-corrected chi connectivity index (χ1v) is 6.25. The molecule has 0 bridgehead atoms. The highest BCUT2D eigenvalue weighted by molar-refractivity contribution is 6.12. The van der Waals surface area contributed by atoms with E-state index in [-0.39, 0.29) is 13.2 Å². The maximum absolute atomic E-state index is 9.20. The Morgan fingerprint density at radius 1 is 0.789 bits per heavy atom. The van der Waals surface area contributed by atoms with Crippen LogP contribution in [0.2, 0.25) is 0 Å². The molecule has 2 aromatic rings. The number of hydrogen-bond donors (Lipinski definition) is 2. The SMILES string of the molecule is OCC(CO)N=C(c1ccccc1)c1ccccc1. The molecule has 0 spiro atoms. The van der Waals surface area contributed by atoms with Gasteiger partial charge in [0.1, 0.15) is 0 Å².